The van der Waals surface area contributed by atoms with E-state index in [4.69, 9.17) is 18.9 Å². The number of carbonyl (C=O) groups excluding carboxylic acids is 4. The summed E-state index contributed by atoms with van der Waals surface area (Å²) in [7, 11) is 0. The normalized spacial score (nSPS) is 17.6. The van der Waals surface area contributed by atoms with E-state index in [2.05, 4.69) is 0 Å². The van der Waals surface area contributed by atoms with E-state index >= 15 is 0 Å². The molecule has 10 nitrogen and oxygen atoms in total. The van der Waals surface area contributed by atoms with E-state index in [1.54, 1.807) is 48.5 Å². The lowest BCUT2D eigenvalue weighted by Crippen LogP contribution is -2.52. The van der Waals surface area contributed by atoms with Crippen molar-refractivity contribution in [2.45, 2.75) is 91.2 Å². The number of nitrogens with zero attached hydrogens (tertiary/aromatic N) is 2. The molecule has 0 unspecified atom stereocenters. The molecular formula is C27H40N2O8. The highest BCUT2D eigenvalue weighted by Gasteiger charge is 2.45. The summed E-state index contributed by atoms with van der Waals surface area (Å²) >= 11 is 0. The van der Waals surface area contributed by atoms with Gasteiger partial charge in [-0.1, -0.05) is 30.3 Å². The van der Waals surface area contributed by atoms with E-state index < -0.39 is 47.4 Å². The summed E-state index contributed by atoms with van der Waals surface area (Å²) in [5.41, 5.74) is -0.762. The summed E-state index contributed by atoms with van der Waals surface area (Å²) in [4.78, 5) is 54.0. The van der Waals surface area contributed by atoms with E-state index in [9.17, 15) is 19.2 Å². The van der Waals surface area contributed by atoms with Crippen LogP contribution in [0.25, 0.3) is 0 Å². The van der Waals surface area contributed by atoms with Crippen molar-refractivity contribution in [3.05, 3.63) is 35.9 Å². The fourth-order valence-corrected chi connectivity index (χ4v) is 3.92. The van der Waals surface area contributed by atoms with Crippen molar-refractivity contribution >= 4 is 24.1 Å². The van der Waals surface area contributed by atoms with Crippen molar-refractivity contribution in [3.63, 3.8) is 0 Å². The predicted molar refractivity (Wildman–Crippen MR) is 136 cm³/mol. The number of likely N-dealkylation sites (tertiary alicyclic amines) is 1. The number of hydrogen-bond acceptors (Lipinski definition) is 8. The van der Waals surface area contributed by atoms with Gasteiger partial charge in [0.1, 0.15) is 30.4 Å². The van der Waals surface area contributed by atoms with E-state index in [1.165, 1.54) is 9.80 Å². The van der Waals surface area contributed by atoms with Gasteiger partial charge in [0.2, 0.25) is 0 Å². The molecule has 0 aromatic heterocycles. The van der Waals surface area contributed by atoms with Gasteiger partial charge in [0.15, 0.2) is 0 Å². The topological polar surface area (TPSA) is 112 Å². The van der Waals surface area contributed by atoms with Gasteiger partial charge in [0, 0.05) is 6.54 Å². The molecule has 2 atom stereocenters. The first-order valence-electron chi connectivity index (χ1n) is 12.6. The Labute approximate surface area is 219 Å². The number of carbonyl (C=O) groups is 4. The molecule has 0 saturated carbocycles. The van der Waals surface area contributed by atoms with E-state index in [0.29, 0.717) is 12.8 Å². The van der Waals surface area contributed by atoms with Gasteiger partial charge < -0.3 is 18.9 Å². The van der Waals surface area contributed by atoms with Crippen molar-refractivity contribution in [3.8, 4) is 0 Å². The molecule has 0 radical (unpaired) electrons. The second-order valence-electron chi connectivity index (χ2n) is 10.9. The quantitative estimate of drug-likeness (QED) is 0.368. The molecule has 206 valence electrons. The number of esters is 2. The highest BCUT2D eigenvalue weighted by Crippen LogP contribution is 2.28. The van der Waals surface area contributed by atoms with E-state index in [-0.39, 0.29) is 26.3 Å². The molecule has 1 fully saturated rings. The molecule has 1 aliphatic rings. The summed E-state index contributed by atoms with van der Waals surface area (Å²) < 4.78 is 21.6. The minimum Gasteiger partial charge on any atom is -0.464 e. The fourth-order valence-electron chi connectivity index (χ4n) is 3.92. The minimum atomic E-state index is -0.858. The van der Waals surface area contributed by atoms with E-state index in [0.717, 1.165) is 5.56 Å². The van der Waals surface area contributed by atoms with Crippen molar-refractivity contribution < 1.29 is 38.1 Å². The van der Waals surface area contributed by atoms with Gasteiger partial charge in [-0.15, -0.1) is 0 Å². The van der Waals surface area contributed by atoms with Crippen LogP contribution in [0.1, 0.15) is 66.9 Å². The number of hydrogen-bond donors (Lipinski definition) is 0. The van der Waals surface area contributed by atoms with Crippen molar-refractivity contribution in [2.24, 2.45) is 0 Å². The van der Waals surface area contributed by atoms with Crippen LogP contribution in [0.2, 0.25) is 0 Å². The molecule has 2 amide bonds. The molecule has 1 aromatic carbocycles. The molecule has 2 rings (SSSR count). The molecule has 1 aliphatic heterocycles. The van der Waals surface area contributed by atoms with Crippen molar-refractivity contribution in [1.82, 2.24) is 9.80 Å². The highest BCUT2D eigenvalue weighted by molar-refractivity contribution is 5.83. The molecule has 0 N–H and O–H groups in total. The lowest BCUT2D eigenvalue weighted by atomic mass is 10.2. The fraction of sp³-hybridized carbons (Fsp3) is 0.630. The van der Waals surface area contributed by atoms with Gasteiger partial charge in [-0.05, 0) is 66.9 Å². The first-order chi connectivity index (χ1) is 17.2. The average molecular weight is 521 g/mol. The molecule has 1 saturated heterocycles. The third-order valence-electron chi connectivity index (χ3n) is 5.30. The third kappa shape index (κ3) is 9.93. The second kappa shape index (κ2) is 12.8. The first kappa shape index (κ1) is 29.9. The van der Waals surface area contributed by atoms with Crippen molar-refractivity contribution in [2.75, 3.05) is 19.7 Å². The molecule has 1 heterocycles. The Morgan fingerprint density at radius 1 is 0.919 bits per heavy atom. The third-order valence-corrected chi connectivity index (χ3v) is 5.30. The Bertz CT molecular complexity index is 936. The summed E-state index contributed by atoms with van der Waals surface area (Å²) in [5.74, 6) is -1.16. The molecule has 0 spiro atoms. The van der Waals surface area contributed by atoms with Gasteiger partial charge >= 0.3 is 24.1 Å². The van der Waals surface area contributed by atoms with Gasteiger partial charge in [-0.2, -0.15) is 0 Å². The van der Waals surface area contributed by atoms with Crippen LogP contribution in [0.4, 0.5) is 9.59 Å². The Morgan fingerprint density at radius 2 is 1.54 bits per heavy atom. The Hall–Kier alpha value is -3.30. The summed E-state index contributed by atoms with van der Waals surface area (Å²) in [6.07, 6.45) is -0.692. The van der Waals surface area contributed by atoms with Crippen LogP contribution < -0.4 is 0 Å². The SMILES string of the molecule is CCOC(=O)[C@@H]1CC[C@@H](CN(CC(=O)OC(C)(C)C)C(=O)OCc2ccccc2)N1C(=O)OC(C)(C)C. The molecule has 1 aromatic rings. The number of amides is 2. The maximum absolute atomic E-state index is 13.1. The highest BCUT2D eigenvalue weighted by atomic mass is 16.6. The Kier molecular flexibility index (Phi) is 10.3. The maximum atomic E-state index is 13.1. The molecular weight excluding hydrogens is 480 g/mol. The first-order valence-corrected chi connectivity index (χ1v) is 12.6. The van der Waals surface area contributed by atoms with Crippen LogP contribution in [0, 0.1) is 0 Å². The standard InChI is InChI=1S/C27H40N2O8/c1-8-34-23(31)21-15-14-20(29(21)25(33)37-27(5,6)7)16-28(17-22(30)36-26(2,3)4)24(32)35-18-19-12-10-9-11-13-19/h9-13,20-21H,8,14-18H2,1-7H3/t20-,21-/m0/s1. The number of ether oxygens (including phenoxy) is 4. The number of rotatable bonds is 8. The van der Waals surface area contributed by atoms with Crippen molar-refractivity contribution in [1.29, 1.82) is 0 Å². The largest absolute Gasteiger partial charge is 0.464 e. The van der Waals surface area contributed by atoms with Crippen LogP contribution >= 0.6 is 0 Å². The maximum Gasteiger partial charge on any atom is 0.411 e. The molecule has 37 heavy (non-hydrogen) atoms. The van der Waals surface area contributed by atoms with Crippen LogP contribution in [0.5, 0.6) is 0 Å². The summed E-state index contributed by atoms with van der Waals surface area (Å²) in [6, 6.07) is 7.68. The Morgan fingerprint density at radius 3 is 2.11 bits per heavy atom. The van der Waals surface area contributed by atoms with Gasteiger partial charge in [0.25, 0.3) is 0 Å². The van der Waals surface area contributed by atoms with Crippen LogP contribution in [0.3, 0.4) is 0 Å². The summed E-state index contributed by atoms with van der Waals surface area (Å²) in [6.45, 7) is 11.8. The Balaban J connectivity index is 2.26. The molecule has 0 bridgehead atoms. The van der Waals surface area contributed by atoms with E-state index in [1.807, 2.05) is 30.3 Å². The van der Waals surface area contributed by atoms with Gasteiger partial charge in [-0.3, -0.25) is 14.6 Å². The molecule has 10 heteroatoms. The molecule has 0 aliphatic carbocycles. The lowest BCUT2D eigenvalue weighted by molar-refractivity contribution is -0.156. The van der Waals surface area contributed by atoms with Crippen LogP contribution in [0.15, 0.2) is 30.3 Å². The second-order valence-corrected chi connectivity index (χ2v) is 10.9. The predicted octanol–water partition coefficient (Wildman–Crippen LogP) is 4.30. The monoisotopic (exact) mass is 520 g/mol. The smallest absolute Gasteiger partial charge is 0.411 e. The zero-order chi connectivity index (χ0) is 27.8. The zero-order valence-corrected chi connectivity index (χ0v) is 22.9. The summed E-state index contributed by atoms with van der Waals surface area (Å²) in [5, 5.41) is 0. The van der Waals surface area contributed by atoms with Crippen LogP contribution in [-0.4, -0.2) is 76.9 Å². The van der Waals surface area contributed by atoms with Gasteiger partial charge in [0.05, 0.1) is 12.6 Å². The van der Waals surface area contributed by atoms with Crippen LogP contribution in [-0.2, 0) is 35.1 Å². The zero-order valence-electron chi connectivity index (χ0n) is 22.9. The lowest BCUT2D eigenvalue weighted by Gasteiger charge is -2.34. The minimum absolute atomic E-state index is 0.0103. The average Bonchev–Trinajstić information content (AvgIpc) is 3.19. The number of benzene rings is 1. The van der Waals surface area contributed by atoms with Gasteiger partial charge in [-0.25, -0.2) is 14.4 Å².